The number of furan rings is 1. The maximum atomic E-state index is 12.9. The lowest BCUT2D eigenvalue weighted by molar-refractivity contribution is 0.309. The molecule has 0 radical (unpaired) electrons. The maximum absolute atomic E-state index is 12.9. The van der Waals surface area contributed by atoms with E-state index in [-0.39, 0.29) is 5.56 Å². The van der Waals surface area contributed by atoms with Crippen molar-refractivity contribution in [2.24, 2.45) is 0 Å². The Hall–Kier alpha value is -3.42. The van der Waals surface area contributed by atoms with Crippen LogP contribution in [0.25, 0.3) is 33.7 Å². The van der Waals surface area contributed by atoms with Gasteiger partial charge in [-0.3, -0.25) is 4.79 Å². The third-order valence-electron chi connectivity index (χ3n) is 5.09. The first-order valence-corrected chi connectivity index (χ1v) is 11.8. The van der Waals surface area contributed by atoms with Gasteiger partial charge in [0.2, 0.25) is 4.96 Å². The lowest BCUT2D eigenvalue weighted by atomic mass is 10.2. The summed E-state index contributed by atoms with van der Waals surface area (Å²) in [4.78, 5) is 17.9. The topological polar surface area (TPSA) is 69.6 Å². The lowest BCUT2D eigenvalue weighted by Gasteiger charge is -2.05. The molecule has 0 aliphatic carbocycles. The fraction of sp³-hybridized carbons (Fsp3) is 0.160. The third kappa shape index (κ3) is 4.55. The van der Waals surface area contributed by atoms with Crippen molar-refractivity contribution in [2.45, 2.75) is 19.8 Å². The van der Waals surface area contributed by atoms with E-state index in [0.717, 1.165) is 29.7 Å². The highest BCUT2D eigenvalue weighted by molar-refractivity contribution is 7.15. The predicted octanol–water partition coefficient (Wildman–Crippen LogP) is 5.46. The number of hydrogen-bond acceptors (Lipinski definition) is 6. The summed E-state index contributed by atoms with van der Waals surface area (Å²) in [7, 11) is 0. The summed E-state index contributed by atoms with van der Waals surface area (Å²) in [6.07, 6.45) is 3.82. The molecule has 2 aromatic carbocycles. The average Bonchev–Trinajstić information content (AvgIpc) is 3.53. The Balaban J connectivity index is 1.39. The largest absolute Gasteiger partial charge is 0.494 e. The van der Waals surface area contributed by atoms with Crippen molar-refractivity contribution in [3.05, 3.63) is 86.3 Å². The molecule has 0 saturated carbocycles. The third-order valence-corrected chi connectivity index (χ3v) is 6.30. The first kappa shape index (κ1) is 21.4. The zero-order valence-electron chi connectivity index (χ0n) is 17.8. The number of aromatic nitrogens is 3. The second kappa shape index (κ2) is 9.21. The van der Waals surface area contributed by atoms with Crippen molar-refractivity contribution in [1.29, 1.82) is 0 Å². The Bertz CT molecular complexity index is 1500. The molecule has 6 nitrogen and oxygen atoms in total. The Morgan fingerprint density at radius 2 is 1.82 bits per heavy atom. The number of fused-ring (bicyclic) bond motifs is 1. The van der Waals surface area contributed by atoms with Gasteiger partial charge >= 0.3 is 0 Å². The van der Waals surface area contributed by atoms with Crippen molar-refractivity contribution in [3.8, 4) is 28.5 Å². The van der Waals surface area contributed by atoms with Gasteiger partial charge in [-0.05, 0) is 67.1 Å². The molecule has 0 atom stereocenters. The van der Waals surface area contributed by atoms with E-state index in [4.69, 9.17) is 20.8 Å². The second-order valence-corrected chi connectivity index (χ2v) is 8.93. The Labute approximate surface area is 198 Å². The number of unbranched alkanes of at least 4 members (excludes halogenated alkanes) is 1. The van der Waals surface area contributed by atoms with E-state index in [2.05, 4.69) is 17.0 Å². The van der Waals surface area contributed by atoms with E-state index >= 15 is 0 Å². The molecule has 33 heavy (non-hydrogen) atoms. The van der Waals surface area contributed by atoms with Crippen LogP contribution >= 0.6 is 22.9 Å². The van der Waals surface area contributed by atoms with Gasteiger partial charge in [-0.2, -0.15) is 9.50 Å². The fourth-order valence-electron chi connectivity index (χ4n) is 3.32. The molecular weight excluding hydrogens is 458 g/mol. The quantitative estimate of drug-likeness (QED) is 0.291. The number of nitrogens with zero attached hydrogens (tertiary/aromatic N) is 3. The molecule has 0 bridgehead atoms. The lowest BCUT2D eigenvalue weighted by Crippen LogP contribution is -2.23. The molecule has 8 heteroatoms. The van der Waals surface area contributed by atoms with E-state index in [1.165, 1.54) is 15.9 Å². The van der Waals surface area contributed by atoms with Gasteiger partial charge in [0.25, 0.3) is 5.56 Å². The van der Waals surface area contributed by atoms with Crippen LogP contribution in [0.15, 0.2) is 69.9 Å². The maximum Gasteiger partial charge on any atom is 0.291 e. The smallest absolute Gasteiger partial charge is 0.291 e. The molecule has 0 aliphatic rings. The Morgan fingerprint density at radius 1 is 1.06 bits per heavy atom. The number of halogens is 1. The molecule has 5 aromatic rings. The average molecular weight is 478 g/mol. The molecule has 0 amide bonds. The Morgan fingerprint density at radius 3 is 2.55 bits per heavy atom. The highest BCUT2D eigenvalue weighted by atomic mass is 35.5. The van der Waals surface area contributed by atoms with Crippen molar-refractivity contribution < 1.29 is 9.15 Å². The van der Waals surface area contributed by atoms with Crippen LogP contribution in [-0.4, -0.2) is 21.2 Å². The van der Waals surface area contributed by atoms with Crippen LogP contribution < -0.4 is 14.8 Å². The molecule has 0 N–H and O–H groups in total. The highest BCUT2D eigenvalue weighted by Gasteiger charge is 2.13. The highest BCUT2D eigenvalue weighted by Crippen LogP contribution is 2.24. The summed E-state index contributed by atoms with van der Waals surface area (Å²) in [5.74, 6) is 2.61. The monoisotopic (exact) mass is 477 g/mol. The fourth-order valence-corrected chi connectivity index (χ4v) is 4.33. The zero-order valence-corrected chi connectivity index (χ0v) is 19.4. The van der Waals surface area contributed by atoms with E-state index in [1.54, 1.807) is 6.08 Å². The molecule has 166 valence electrons. The molecule has 0 fully saturated rings. The van der Waals surface area contributed by atoms with Gasteiger partial charge < -0.3 is 9.15 Å². The molecule has 0 unspecified atom stereocenters. The van der Waals surface area contributed by atoms with Crippen LogP contribution in [0.2, 0.25) is 5.02 Å². The number of hydrogen-bond donors (Lipinski definition) is 0. The standard InChI is InChI=1S/C25H20ClN3O3S/c1-2-3-14-31-19-10-6-17(7-11-19)23-27-25-29(28-23)24(30)22(33-25)15-20-12-13-21(32-20)16-4-8-18(26)9-5-16/h4-13,15H,2-3,14H2,1H3/b22-15-. The van der Waals surface area contributed by atoms with Crippen molar-refractivity contribution in [1.82, 2.24) is 14.6 Å². The minimum absolute atomic E-state index is 0.224. The van der Waals surface area contributed by atoms with Gasteiger partial charge in [0.05, 0.1) is 6.61 Å². The normalized spacial score (nSPS) is 12.0. The molecule has 0 saturated heterocycles. The molecule has 5 rings (SSSR count). The van der Waals surface area contributed by atoms with Gasteiger partial charge in [-0.1, -0.05) is 36.3 Å². The number of ether oxygens (including phenoxy) is 1. The summed E-state index contributed by atoms with van der Waals surface area (Å²) >= 11 is 7.22. The summed E-state index contributed by atoms with van der Waals surface area (Å²) in [6.45, 7) is 2.83. The molecule has 3 heterocycles. The minimum atomic E-state index is -0.224. The van der Waals surface area contributed by atoms with Crippen LogP contribution in [0.3, 0.4) is 0 Å². The molecule has 0 aliphatic heterocycles. The SMILES string of the molecule is CCCCOc1ccc(-c2nc3s/c(=C\c4ccc(-c5ccc(Cl)cc5)o4)c(=O)n3n2)cc1. The summed E-state index contributed by atoms with van der Waals surface area (Å²) < 4.78 is 13.4. The van der Waals surface area contributed by atoms with Gasteiger partial charge in [-0.25, -0.2) is 0 Å². The number of thiazole rings is 1. The van der Waals surface area contributed by atoms with E-state index < -0.39 is 0 Å². The zero-order chi connectivity index (χ0) is 22.8. The van der Waals surface area contributed by atoms with E-state index in [0.29, 0.717) is 38.5 Å². The van der Waals surface area contributed by atoms with Crippen LogP contribution in [-0.2, 0) is 0 Å². The van der Waals surface area contributed by atoms with Gasteiger partial charge in [-0.15, -0.1) is 5.10 Å². The summed E-state index contributed by atoms with van der Waals surface area (Å²) in [5, 5.41) is 5.08. The second-order valence-electron chi connectivity index (χ2n) is 7.48. The van der Waals surface area contributed by atoms with Crippen LogP contribution in [0.4, 0.5) is 0 Å². The van der Waals surface area contributed by atoms with E-state index in [9.17, 15) is 4.79 Å². The van der Waals surface area contributed by atoms with Crippen LogP contribution in [0.1, 0.15) is 25.5 Å². The molecular formula is C25H20ClN3O3S. The van der Waals surface area contributed by atoms with Crippen LogP contribution in [0, 0.1) is 0 Å². The van der Waals surface area contributed by atoms with Gasteiger partial charge in [0.15, 0.2) is 5.82 Å². The summed E-state index contributed by atoms with van der Waals surface area (Å²) in [6, 6.07) is 18.7. The summed E-state index contributed by atoms with van der Waals surface area (Å²) in [5.41, 5.74) is 1.52. The number of rotatable bonds is 7. The van der Waals surface area contributed by atoms with Crippen molar-refractivity contribution >= 4 is 34.0 Å². The Kier molecular flexibility index (Phi) is 5.98. The first-order chi connectivity index (χ1) is 16.1. The van der Waals surface area contributed by atoms with Crippen molar-refractivity contribution in [2.75, 3.05) is 6.61 Å². The van der Waals surface area contributed by atoms with Crippen molar-refractivity contribution in [3.63, 3.8) is 0 Å². The van der Waals surface area contributed by atoms with Gasteiger partial charge in [0.1, 0.15) is 21.8 Å². The van der Waals surface area contributed by atoms with Crippen LogP contribution in [0.5, 0.6) is 5.75 Å². The molecule has 0 spiro atoms. The molecule has 3 aromatic heterocycles. The predicted molar refractivity (Wildman–Crippen MR) is 131 cm³/mol. The van der Waals surface area contributed by atoms with Gasteiger partial charge in [0, 0.05) is 22.2 Å². The minimum Gasteiger partial charge on any atom is -0.494 e. The number of benzene rings is 2. The van der Waals surface area contributed by atoms with E-state index in [1.807, 2.05) is 60.7 Å². The first-order valence-electron chi connectivity index (χ1n) is 10.6.